The topological polar surface area (TPSA) is 52.9 Å². The first-order valence-electron chi connectivity index (χ1n) is 8.50. The Balaban J connectivity index is 2.10. The fraction of sp³-hybridized carbons (Fsp3) is 0.556. The van der Waals surface area contributed by atoms with Crippen molar-refractivity contribution in [3.63, 3.8) is 0 Å². The van der Waals surface area contributed by atoms with Crippen LogP contribution < -0.4 is 0 Å². The van der Waals surface area contributed by atoms with Gasteiger partial charge in [-0.15, -0.1) is 0 Å². The molecule has 1 aromatic carbocycles. The van der Waals surface area contributed by atoms with Crippen LogP contribution in [0.5, 0.6) is 0 Å². The number of rotatable bonds is 7. The minimum Gasteiger partial charge on any atom is -0.362 e. The van der Waals surface area contributed by atoms with Crippen LogP contribution in [0.4, 0.5) is 13.2 Å². The Morgan fingerprint density at radius 2 is 1.92 bits per heavy atom. The highest BCUT2D eigenvalue weighted by molar-refractivity contribution is 5.90. The second kappa shape index (κ2) is 7.99. The molecule has 0 radical (unpaired) electrons. The Morgan fingerprint density at radius 3 is 2.52 bits per heavy atom. The van der Waals surface area contributed by atoms with Crippen molar-refractivity contribution < 1.29 is 23.1 Å². The number of carbonyl (C=O) groups is 1. The summed E-state index contributed by atoms with van der Waals surface area (Å²) < 4.78 is 40.1. The van der Waals surface area contributed by atoms with Gasteiger partial charge >= 0.3 is 6.18 Å². The van der Waals surface area contributed by atoms with Crippen molar-refractivity contribution in [2.45, 2.75) is 63.8 Å². The second-order valence-electron chi connectivity index (χ2n) is 6.31. The predicted molar refractivity (Wildman–Crippen MR) is 88.8 cm³/mol. The van der Waals surface area contributed by atoms with E-state index in [0.29, 0.717) is 19.3 Å². The van der Waals surface area contributed by atoms with Gasteiger partial charge in [0, 0.05) is 18.6 Å². The molecule has 138 valence electrons. The Hall–Kier alpha value is -1.89. The summed E-state index contributed by atoms with van der Waals surface area (Å²) in [5.41, 5.74) is -2.17. The monoisotopic (exact) mass is 356 g/mol. The van der Waals surface area contributed by atoms with Crippen molar-refractivity contribution in [3.8, 4) is 0 Å². The lowest BCUT2D eigenvalue weighted by Gasteiger charge is -2.32. The molecule has 7 heteroatoms. The van der Waals surface area contributed by atoms with Crippen LogP contribution in [-0.2, 0) is 11.2 Å². The fourth-order valence-electron chi connectivity index (χ4n) is 2.82. The summed E-state index contributed by atoms with van der Waals surface area (Å²) in [6.45, 7) is 1.99. The van der Waals surface area contributed by atoms with Crippen molar-refractivity contribution in [1.29, 1.82) is 0 Å². The van der Waals surface area contributed by atoms with Crippen LogP contribution in [0.1, 0.15) is 51.0 Å². The van der Waals surface area contributed by atoms with Crippen molar-refractivity contribution in [3.05, 3.63) is 35.9 Å². The number of aliphatic hydroxyl groups is 1. The maximum absolute atomic E-state index is 13.4. The predicted octanol–water partition coefficient (Wildman–Crippen LogP) is 4.04. The molecule has 0 aromatic heterocycles. The first-order valence-corrected chi connectivity index (χ1v) is 8.50. The molecule has 1 atom stereocenters. The smallest absolute Gasteiger partial charge is 0.362 e. The van der Waals surface area contributed by atoms with Crippen LogP contribution in [0, 0.1) is 0 Å². The van der Waals surface area contributed by atoms with Crippen molar-refractivity contribution in [1.82, 2.24) is 5.01 Å². The van der Waals surface area contributed by atoms with Crippen molar-refractivity contribution in [2.24, 2.45) is 5.10 Å². The number of amides is 1. The van der Waals surface area contributed by atoms with E-state index in [4.69, 9.17) is 0 Å². The molecule has 0 spiro atoms. The molecule has 4 nitrogen and oxygen atoms in total. The molecule has 0 aliphatic carbocycles. The highest BCUT2D eigenvalue weighted by Gasteiger charge is 2.62. The van der Waals surface area contributed by atoms with E-state index in [1.54, 1.807) is 24.3 Å². The van der Waals surface area contributed by atoms with E-state index in [9.17, 15) is 23.1 Å². The standard InChI is InChI=1S/C18H23F3N2O2/c1-2-3-5-10-15-13-17(25,18(19,20)21)23(22-15)16(24)12-11-14-8-6-4-7-9-14/h4,6-9,25H,2-3,5,10-13H2,1H3/t17-/m1/s1. The van der Waals surface area contributed by atoms with Gasteiger partial charge in [0.25, 0.3) is 5.72 Å². The van der Waals surface area contributed by atoms with Crippen molar-refractivity contribution in [2.75, 3.05) is 0 Å². The van der Waals surface area contributed by atoms with Gasteiger partial charge in [0.05, 0.1) is 0 Å². The number of halogens is 3. The Kier molecular flexibility index (Phi) is 6.21. The number of aryl methyl sites for hydroxylation is 1. The largest absolute Gasteiger partial charge is 0.438 e. The second-order valence-corrected chi connectivity index (χ2v) is 6.31. The summed E-state index contributed by atoms with van der Waals surface area (Å²) in [6, 6.07) is 9.01. The Morgan fingerprint density at radius 1 is 1.24 bits per heavy atom. The minimum atomic E-state index is -4.95. The van der Waals surface area contributed by atoms with Gasteiger partial charge in [0.15, 0.2) is 0 Å². The Labute approximate surface area is 145 Å². The highest BCUT2D eigenvalue weighted by Crippen LogP contribution is 2.41. The van der Waals surface area contributed by atoms with Gasteiger partial charge in [0.2, 0.25) is 5.91 Å². The number of benzene rings is 1. The number of hydrazone groups is 1. The van der Waals surface area contributed by atoms with Gasteiger partial charge < -0.3 is 5.11 Å². The summed E-state index contributed by atoms with van der Waals surface area (Å²) >= 11 is 0. The van der Waals surface area contributed by atoms with E-state index in [1.807, 2.05) is 13.0 Å². The first kappa shape index (κ1) is 19.4. The lowest BCUT2D eigenvalue weighted by molar-refractivity contribution is -0.302. The average Bonchev–Trinajstić information content (AvgIpc) is 2.92. The van der Waals surface area contributed by atoms with Gasteiger partial charge in [-0.2, -0.15) is 23.3 Å². The molecule has 0 fully saturated rings. The SMILES string of the molecule is CCCCCC1=NN(C(=O)CCc2ccccc2)[C@](O)(C(F)(F)F)C1. The van der Waals surface area contributed by atoms with Crippen LogP contribution in [0.2, 0.25) is 0 Å². The Bertz CT molecular complexity index is 616. The third-order valence-electron chi connectivity index (χ3n) is 4.27. The third kappa shape index (κ3) is 4.60. The molecule has 0 saturated carbocycles. The van der Waals surface area contributed by atoms with Crippen LogP contribution in [0.25, 0.3) is 0 Å². The zero-order valence-electron chi connectivity index (χ0n) is 14.2. The molecule has 0 saturated heterocycles. The quantitative estimate of drug-likeness (QED) is 0.750. The molecular formula is C18H23F3N2O2. The highest BCUT2D eigenvalue weighted by atomic mass is 19.4. The number of unbranched alkanes of at least 4 members (excludes halogenated alkanes) is 2. The zero-order valence-corrected chi connectivity index (χ0v) is 14.2. The van der Waals surface area contributed by atoms with Crippen LogP contribution >= 0.6 is 0 Å². The van der Waals surface area contributed by atoms with E-state index in [-0.39, 0.29) is 17.1 Å². The maximum atomic E-state index is 13.4. The maximum Gasteiger partial charge on any atom is 0.438 e. The lowest BCUT2D eigenvalue weighted by atomic mass is 10.0. The molecule has 0 unspecified atom stereocenters. The van der Waals surface area contributed by atoms with Crippen molar-refractivity contribution >= 4 is 11.6 Å². The lowest BCUT2D eigenvalue weighted by Crippen LogP contribution is -2.56. The molecule has 1 heterocycles. The number of nitrogens with zero attached hydrogens (tertiary/aromatic N) is 2. The normalized spacial score (nSPS) is 20.7. The number of carbonyl (C=O) groups excluding carboxylic acids is 1. The summed E-state index contributed by atoms with van der Waals surface area (Å²) in [5.74, 6) is -0.825. The molecule has 1 amide bonds. The van der Waals surface area contributed by atoms with Crippen LogP contribution in [0.15, 0.2) is 35.4 Å². The molecule has 1 aliphatic rings. The average molecular weight is 356 g/mol. The molecule has 2 rings (SSSR count). The number of alkyl halides is 3. The number of hydrogen-bond donors (Lipinski definition) is 1. The third-order valence-corrected chi connectivity index (χ3v) is 4.27. The van der Waals surface area contributed by atoms with Gasteiger partial charge in [-0.1, -0.05) is 50.1 Å². The zero-order chi connectivity index (χ0) is 18.5. The summed E-state index contributed by atoms with van der Waals surface area (Å²) in [4.78, 5) is 12.3. The molecule has 1 N–H and O–H groups in total. The van der Waals surface area contributed by atoms with Crippen LogP contribution in [0.3, 0.4) is 0 Å². The molecule has 0 bridgehead atoms. The number of hydrogen-bond acceptors (Lipinski definition) is 3. The molecule has 1 aliphatic heterocycles. The van der Waals surface area contributed by atoms with Gasteiger partial charge in [-0.05, 0) is 24.8 Å². The summed E-state index contributed by atoms with van der Waals surface area (Å²) in [5, 5.41) is 14.2. The fourth-order valence-corrected chi connectivity index (χ4v) is 2.82. The van der Waals surface area contributed by atoms with Gasteiger partial charge in [-0.3, -0.25) is 4.79 Å². The minimum absolute atomic E-state index is 0.145. The molecule has 1 aromatic rings. The van der Waals surface area contributed by atoms with E-state index in [2.05, 4.69) is 5.10 Å². The summed E-state index contributed by atoms with van der Waals surface area (Å²) in [7, 11) is 0. The van der Waals surface area contributed by atoms with E-state index < -0.39 is 24.2 Å². The van der Waals surface area contributed by atoms with E-state index in [0.717, 1.165) is 18.4 Å². The van der Waals surface area contributed by atoms with Gasteiger partial charge in [0.1, 0.15) is 0 Å². The van der Waals surface area contributed by atoms with E-state index >= 15 is 0 Å². The van der Waals surface area contributed by atoms with E-state index in [1.165, 1.54) is 0 Å². The first-order chi connectivity index (χ1) is 11.8. The molecular weight excluding hydrogens is 333 g/mol. The van der Waals surface area contributed by atoms with Crippen LogP contribution in [-0.4, -0.2) is 33.6 Å². The summed E-state index contributed by atoms with van der Waals surface area (Å²) in [6.07, 6.45) is -2.63. The van der Waals surface area contributed by atoms with Gasteiger partial charge in [-0.25, -0.2) is 0 Å². The molecule has 25 heavy (non-hydrogen) atoms.